The van der Waals surface area contributed by atoms with E-state index in [4.69, 9.17) is 9.47 Å². The normalized spacial score (nSPS) is 12.9. The van der Waals surface area contributed by atoms with Crippen LogP contribution in [-0.4, -0.2) is 51.4 Å². The first-order chi connectivity index (χ1) is 15.0. The lowest BCUT2D eigenvalue weighted by Crippen LogP contribution is -2.43. The second-order valence-corrected chi connectivity index (χ2v) is 8.14. The van der Waals surface area contributed by atoms with Crippen LogP contribution in [-0.2, 0) is 25.7 Å². The molecule has 0 saturated carbocycles. The number of nitrogens with zero attached hydrogens (tertiary/aromatic N) is 1. The molecule has 1 heterocycles. The van der Waals surface area contributed by atoms with Crippen LogP contribution in [0.15, 0.2) is 36.7 Å². The molecule has 0 radical (unpaired) electrons. The summed E-state index contributed by atoms with van der Waals surface area (Å²) in [5, 5.41) is 4.91. The number of imidazole rings is 1. The van der Waals surface area contributed by atoms with E-state index < -0.39 is 41.4 Å². The number of rotatable bonds is 8. The number of esters is 2. The van der Waals surface area contributed by atoms with Crippen molar-refractivity contribution in [1.82, 2.24) is 20.6 Å². The molecule has 0 aliphatic carbocycles. The van der Waals surface area contributed by atoms with Crippen LogP contribution in [0.25, 0.3) is 0 Å². The fraction of sp³-hybridized carbons (Fsp3) is 0.409. The molecule has 2 amide bonds. The summed E-state index contributed by atoms with van der Waals surface area (Å²) in [6, 6.07) is 7.18. The van der Waals surface area contributed by atoms with Gasteiger partial charge in [-0.3, -0.25) is 9.59 Å². The first kappa shape index (κ1) is 24.6. The van der Waals surface area contributed by atoms with Gasteiger partial charge in [-0.15, -0.1) is 0 Å². The van der Waals surface area contributed by atoms with Crippen LogP contribution in [0.5, 0.6) is 0 Å². The summed E-state index contributed by atoms with van der Waals surface area (Å²) < 4.78 is 10.4. The van der Waals surface area contributed by atoms with Gasteiger partial charge in [-0.1, -0.05) is 30.3 Å². The van der Waals surface area contributed by atoms with Crippen LogP contribution in [0.2, 0.25) is 0 Å². The molecule has 0 aliphatic rings. The minimum Gasteiger partial charge on any atom is -0.459 e. The molecule has 0 bridgehead atoms. The lowest BCUT2D eigenvalue weighted by atomic mass is 10.2. The number of ether oxygens (including phenoxy) is 2. The third-order valence-corrected chi connectivity index (χ3v) is 4.11. The van der Waals surface area contributed by atoms with Crippen molar-refractivity contribution in [2.24, 2.45) is 0 Å². The third kappa shape index (κ3) is 7.22. The molecular weight excluding hydrogens is 416 g/mol. The molecule has 3 N–H and O–H groups in total. The summed E-state index contributed by atoms with van der Waals surface area (Å²) in [5.74, 6) is -2.72. The highest BCUT2D eigenvalue weighted by molar-refractivity contribution is 6.06. The Balaban J connectivity index is 1.95. The summed E-state index contributed by atoms with van der Waals surface area (Å²) in [7, 11) is 0. The molecule has 2 atom stereocenters. The Kier molecular flexibility index (Phi) is 8.11. The monoisotopic (exact) mass is 444 g/mol. The van der Waals surface area contributed by atoms with Crippen LogP contribution in [0.1, 0.15) is 61.2 Å². The molecule has 0 saturated heterocycles. The number of amides is 2. The van der Waals surface area contributed by atoms with Crippen molar-refractivity contribution in [3.8, 4) is 0 Å². The highest BCUT2D eigenvalue weighted by atomic mass is 16.6. The zero-order valence-corrected chi connectivity index (χ0v) is 18.7. The predicted octanol–water partition coefficient (Wildman–Crippen LogP) is 1.73. The smallest absolute Gasteiger partial charge is 0.328 e. The quantitative estimate of drug-likeness (QED) is 0.527. The first-order valence-corrected chi connectivity index (χ1v) is 10.1. The van der Waals surface area contributed by atoms with E-state index >= 15 is 0 Å². The minimum absolute atomic E-state index is 0.0680. The second kappa shape index (κ2) is 10.6. The average Bonchev–Trinajstić information content (AvgIpc) is 3.21. The molecule has 0 aliphatic heterocycles. The van der Waals surface area contributed by atoms with Crippen molar-refractivity contribution >= 4 is 23.8 Å². The average molecular weight is 444 g/mol. The Bertz CT molecular complexity index is 964. The predicted molar refractivity (Wildman–Crippen MR) is 115 cm³/mol. The van der Waals surface area contributed by atoms with Crippen molar-refractivity contribution in [1.29, 1.82) is 0 Å². The van der Waals surface area contributed by atoms with E-state index in [2.05, 4.69) is 20.6 Å². The largest absolute Gasteiger partial charge is 0.459 e. The Morgan fingerprint density at radius 2 is 1.56 bits per heavy atom. The molecular formula is C22H28N4O6. The molecule has 2 rings (SSSR count). The van der Waals surface area contributed by atoms with Gasteiger partial charge in [0.15, 0.2) is 5.69 Å². The Morgan fingerprint density at radius 1 is 0.969 bits per heavy atom. The zero-order valence-electron chi connectivity index (χ0n) is 18.7. The Hall–Kier alpha value is -3.69. The number of carbonyl (C=O) groups is 4. The van der Waals surface area contributed by atoms with Crippen molar-refractivity contribution in [3.63, 3.8) is 0 Å². The van der Waals surface area contributed by atoms with Crippen molar-refractivity contribution < 1.29 is 28.7 Å². The van der Waals surface area contributed by atoms with Gasteiger partial charge in [-0.25, -0.2) is 14.6 Å². The Labute approximate surface area is 186 Å². The number of H-pyrrole nitrogens is 1. The minimum atomic E-state index is -0.973. The molecule has 0 spiro atoms. The van der Waals surface area contributed by atoms with Gasteiger partial charge in [-0.05, 0) is 40.2 Å². The van der Waals surface area contributed by atoms with E-state index in [1.807, 2.05) is 30.3 Å². The van der Waals surface area contributed by atoms with Crippen LogP contribution in [0.4, 0.5) is 0 Å². The van der Waals surface area contributed by atoms with Crippen LogP contribution in [0.3, 0.4) is 0 Å². The van der Waals surface area contributed by atoms with E-state index in [0.717, 1.165) is 5.56 Å². The third-order valence-electron chi connectivity index (χ3n) is 4.11. The van der Waals surface area contributed by atoms with Gasteiger partial charge in [0.1, 0.15) is 30.0 Å². The SMILES string of the molecule is CC(NC(=O)c1nc[nH]c1C(=O)NC(C)C(=O)OC(C)(C)C)C(=O)OCc1ccccc1. The Morgan fingerprint density at radius 3 is 2.19 bits per heavy atom. The lowest BCUT2D eigenvalue weighted by Gasteiger charge is -2.22. The maximum atomic E-state index is 12.6. The topological polar surface area (TPSA) is 139 Å². The number of hydrogen-bond donors (Lipinski definition) is 3. The highest BCUT2D eigenvalue weighted by Crippen LogP contribution is 2.10. The second-order valence-electron chi connectivity index (χ2n) is 8.14. The lowest BCUT2D eigenvalue weighted by molar-refractivity contribution is -0.156. The summed E-state index contributed by atoms with van der Waals surface area (Å²) in [4.78, 5) is 55.8. The summed E-state index contributed by atoms with van der Waals surface area (Å²) >= 11 is 0. The zero-order chi connectivity index (χ0) is 23.9. The van der Waals surface area contributed by atoms with Gasteiger partial charge in [0, 0.05) is 0 Å². The first-order valence-electron chi connectivity index (χ1n) is 10.1. The molecule has 0 fully saturated rings. The molecule has 10 heteroatoms. The number of aromatic amines is 1. The molecule has 10 nitrogen and oxygen atoms in total. The van der Waals surface area contributed by atoms with Crippen molar-refractivity contribution in [3.05, 3.63) is 53.6 Å². The number of nitrogens with one attached hydrogen (secondary N) is 3. The fourth-order valence-electron chi connectivity index (χ4n) is 2.54. The van der Waals surface area contributed by atoms with Crippen molar-refractivity contribution in [2.45, 2.75) is 58.9 Å². The summed E-state index contributed by atoms with van der Waals surface area (Å²) in [6.07, 6.45) is 1.17. The summed E-state index contributed by atoms with van der Waals surface area (Å²) in [6.45, 7) is 8.13. The maximum absolute atomic E-state index is 12.6. The highest BCUT2D eigenvalue weighted by Gasteiger charge is 2.28. The van der Waals surface area contributed by atoms with E-state index in [-0.39, 0.29) is 18.0 Å². The number of carbonyl (C=O) groups excluding carboxylic acids is 4. The van der Waals surface area contributed by atoms with E-state index in [9.17, 15) is 19.2 Å². The van der Waals surface area contributed by atoms with Gasteiger partial charge in [-0.2, -0.15) is 0 Å². The number of benzene rings is 1. The molecule has 32 heavy (non-hydrogen) atoms. The van der Waals surface area contributed by atoms with Crippen molar-refractivity contribution in [2.75, 3.05) is 0 Å². The van der Waals surface area contributed by atoms with E-state index in [1.54, 1.807) is 20.8 Å². The fourth-order valence-corrected chi connectivity index (χ4v) is 2.54. The molecule has 172 valence electrons. The van der Waals surface area contributed by atoms with E-state index in [1.165, 1.54) is 20.2 Å². The maximum Gasteiger partial charge on any atom is 0.328 e. The number of aromatic nitrogens is 2. The van der Waals surface area contributed by atoms with Gasteiger partial charge in [0.25, 0.3) is 11.8 Å². The van der Waals surface area contributed by atoms with Gasteiger partial charge < -0.3 is 25.1 Å². The van der Waals surface area contributed by atoms with Crippen LogP contribution < -0.4 is 10.6 Å². The van der Waals surface area contributed by atoms with Crippen LogP contribution >= 0.6 is 0 Å². The van der Waals surface area contributed by atoms with Gasteiger partial charge >= 0.3 is 11.9 Å². The molecule has 2 unspecified atom stereocenters. The molecule has 2 aromatic rings. The van der Waals surface area contributed by atoms with Gasteiger partial charge in [0.2, 0.25) is 0 Å². The molecule has 1 aromatic heterocycles. The molecule has 1 aromatic carbocycles. The number of hydrogen-bond acceptors (Lipinski definition) is 7. The standard InChI is InChI=1S/C22H28N4O6/c1-13(20(29)31-11-15-9-7-6-8-10-15)25-18(27)16-17(24-12-23-16)19(28)26-14(2)21(30)32-22(3,4)5/h6-10,12-14H,11H2,1-5H3,(H,23,24)(H,25,27)(H,26,28). The van der Waals surface area contributed by atoms with Gasteiger partial charge in [0.05, 0.1) is 6.33 Å². The summed E-state index contributed by atoms with van der Waals surface area (Å²) in [5.41, 5.74) is -0.269. The van der Waals surface area contributed by atoms with E-state index in [0.29, 0.717) is 0 Å². The van der Waals surface area contributed by atoms with Crippen LogP contribution in [0, 0.1) is 0 Å².